The predicted octanol–water partition coefficient (Wildman–Crippen LogP) is 3.07. The van der Waals surface area contributed by atoms with Crippen molar-refractivity contribution < 1.29 is 4.52 Å². The summed E-state index contributed by atoms with van der Waals surface area (Å²) in [6, 6.07) is 14.8. The van der Waals surface area contributed by atoms with Crippen LogP contribution in [0.5, 0.6) is 0 Å². The molecule has 24 heavy (non-hydrogen) atoms. The van der Waals surface area contributed by atoms with Gasteiger partial charge >= 0.3 is 0 Å². The number of benzene rings is 1. The van der Waals surface area contributed by atoms with Crippen molar-refractivity contribution in [1.82, 2.24) is 19.9 Å². The van der Waals surface area contributed by atoms with E-state index in [1.54, 1.807) is 17.4 Å². The molecule has 118 valence electrons. The zero-order chi connectivity index (χ0) is 16.4. The Hall–Kier alpha value is -3.06. The minimum Gasteiger partial charge on any atom is -0.334 e. The van der Waals surface area contributed by atoms with E-state index in [9.17, 15) is 4.79 Å². The van der Waals surface area contributed by atoms with Gasteiger partial charge in [-0.25, -0.2) is 4.68 Å². The first-order valence-electron chi connectivity index (χ1n) is 7.28. The SMILES string of the molecule is O=c1ccc(-c2ccccc2)nn1Cc1noc(-c2ccsc2)n1. The topological polar surface area (TPSA) is 73.8 Å². The van der Waals surface area contributed by atoms with E-state index >= 15 is 0 Å². The molecule has 0 saturated carbocycles. The van der Waals surface area contributed by atoms with Gasteiger partial charge in [0.25, 0.3) is 11.4 Å². The van der Waals surface area contributed by atoms with Gasteiger partial charge in [-0.05, 0) is 17.5 Å². The van der Waals surface area contributed by atoms with Gasteiger partial charge in [0.2, 0.25) is 0 Å². The van der Waals surface area contributed by atoms with Crippen LogP contribution < -0.4 is 5.56 Å². The molecule has 0 radical (unpaired) electrons. The summed E-state index contributed by atoms with van der Waals surface area (Å²) in [5.74, 6) is 0.856. The highest BCUT2D eigenvalue weighted by Gasteiger charge is 2.11. The van der Waals surface area contributed by atoms with Gasteiger partial charge in [0, 0.05) is 17.0 Å². The lowest BCUT2D eigenvalue weighted by Crippen LogP contribution is -2.23. The van der Waals surface area contributed by atoms with E-state index in [2.05, 4.69) is 15.2 Å². The fourth-order valence-corrected chi connectivity index (χ4v) is 2.91. The molecule has 4 rings (SSSR count). The highest BCUT2D eigenvalue weighted by molar-refractivity contribution is 7.08. The number of aromatic nitrogens is 4. The van der Waals surface area contributed by atoms with E-state index in [0.29, 0.717) is 11.7 Å². The lowest BCUT2D eigenvalue weighted by Gasteiger charge is -2.04. The second-order valence-corrected chi connectivity index (χ2v) is 5.89. The van der Waals surface area contributed by atoms with E-state index < -0.39 is 0 Å². The molecular weight excluding hydrogens is 324 g/mol. The lowest BCUT2D eigenvalue weighted by atomic mass is 10.1. The molecule has 3 heterocycles. The molecule has 6 nitrogen and oxygen atoms in total. The van der Waals surface area contributed by atoms with Gasteiger partial charge in [0.1, 0.15) is 6.54 Å². The van der Waals surface area contributed by atoms with Crippen molar-refractivity contribution in [1.29, 1.82) is 0 Å². The van der Waals surface area contributed by atoms with Crippen LogP contribution in [-0.2, 0) is 6.54 Å². The Morgan fingerprint density at radius 1 is 1.04 bits per heavy atom. The quantitative estimate of drug-likeness (QED) is 0.572. The van der Waals surface area contributed by atoms with Crippen LogP contribution in [-0.4, -0.2) is 19.9 Å². The highest BCUT2D eigenvalue weighted by atomic mass is 32.1. The highest BCUT2D eigenvalue weighted by Crippen LogP contribution is 2.20. The van der Waals surface area contributed by atoms with Crippen molar-refractivity contribution >= 4 is 11.3 Å². The van der Waals surface area contributed by atoms with Gasteiger partial charge in [0.15, 0.2) is 5.82 Å². The zero-order valence-corrected chi connectivity index (χ0v) is 13.3. The molecule has 7 heteroatoms. The number of hydrogen-bond acceptors (Lipinski definition) is 6. The summed E-state index contributed by atoms with van der Waals surface area (Å²) < 4.78 is 6.58. The van der Waals surface area contributed by atoms with Crippen molar-refractivity contribution in [2.24, 2.45) is 0 Å². The maximum Gasteiger partial charge on any atom is 0.267 e. The maximum atomic E-state index is 12.1. The van der Waals surface area contributed by atoms with E-state index in [1.807, 2.05) is 47.2 Å². The molecule has 4 aromatic rings. The largest absolute Gasteiger partial charge is 0.334 e. The fraction of sp³-hybridized carbons (Fsp3) is 0.0588. The van der Waals surface area contributed by atoms with Crippen molar-refractivity contribution in [2.75, 3.05) is 0 Å². The summed E-state index contributed by atoms with van der Waals surface area (Å²) in [6.45, 7) is 0.160. The molecule has 0 fully saturated rings. The van der Waals surface area contributed by atoms with E-state index in [1.165, 1.54) is 10.7 Å². The molecule has 0 atom stereocenters. The standard InChI is InChI=1S/C17H12N4O2S/c22-16-7-6-14(12-4-2-1-3-5-12)19-21(16)10-15-18-17(23-20-15)13-8-9-24-11-13/h1-9,11H,10H2. The normalized spacial score (nSPS) is 10.8. The molecule has 0 amide bonds. The zero-order valence-electron chi connectivity index (χ0n) is 12.5. The van der Waals surface area contributed by atoms with Crippen LogP contribution in [0.1, 0.15) is 5.82 Å². The third-order valence-corrected chi connectivity index (χ3v) is 4.15. The Kier molecular flexibility index (Phi) is 3.76. The summed E-state index contributed by atoms with van der Waals surface area (Å²) >= 11 is 1.55. The maximum absolute atomic E-state index is 12.1. The van der Waals surface area contributed by atoms with Gasteiger partial charge in [-0.3, -0.25) is 4.79 Å². The van der Waals surface area contributed by atoms with Gasteiger partial charge < -0.3 is 4.52 Å². The minimum absolute atomic E-state index is 0.160. The Morgan fingerprint density at radius 3 is 2.71 bits per heavy atom. The molecule has 0 aliphatic heterocycles. The first kappa shape index (κ1) is 14.5. The van der Waals surface area contributed by atoms with Crippen molar-refractivity contribution in [3.63, 3.8) is 0 Å². The summed E-state index contributed by atoms with van der Waals surface area (Å²) in [5.41, 5.74) is 2.32. The van der Waals surface area contributed by atoms with Crippen molar-refractivity contribution in [3.8, 4) is 22.7 Å². The van der Waals surface area contributed by atoms with Crippen molar-refractivity contribution in [3.05, 3.63) is 75.5 Å². The summed E-state index contributed by atoms with van der Waals surface area (Å²) in [7, 11) is 0. The lowest BCUT2D eigenvalue weighted by molar-refractivity contribution is 0.418. The molecule has 0 spiro atoms. The predicted molar refractivity (Wildman–Crippen MR) is 90.6 cm³/mol. The molecular formula is C17H12N4O2S. The smallest absolute Gasteiger partial charge is 0.267 e. The molecule has 0 N–H and O–H groups in total. The Bertz CT molecular complexity index is 1010. The molecule has 3 aromatic heterocycles. The Labute approximate surface area is 141 Å². The van der Waals surface area contributed by atoms with E-state index in [4.69, 9.17) is 4.52 Å². The van der Waals surface area contributed by atoms with Crippen LogP contribution in [0.15, 0.2) is 68.6 Å². The number of nitrogens with zero attached hydrogens (tertiary/aromatic N) is 4. The average Bonchev–Trinajstić information content (AvgIpc) is 3.29. The molecule has 1 aromatic carbocycles. The number of hydrogen-bond donors (Lipinski definition) is 0. The Balaban J connectivity index is 1.64. The minimum atomic E-state index is -0.212. The third-order valence-electron chi connectivity index (χ3n) is 3.46. The van der Waals surface area contributed by atoms with Crippen LogP contribution in [0.4, 0.5) is 0 Å². The second-order valence-electron chi connectivity index (χ2n) is 5.11. The van der Waals surface area contributed by atoms with Crippen LogP contribution in [0, 0.1) is 0 Å². The van der Waals surface area contributed by atoms with Crippen LogP contribution >= 0.6 is 11.3 Å². The summed E-state index contributed by atoms with van der Waals surface area (Å²) in [6.07, 6.45) is 0. The molecule has 0 saturated heterocycles. The third kappa shape index (κ3) is 2.89. The van der Waals surface area contributed by atoms with E-state index in [-0.39, 0.29) is 12.1 Å². The summed E-state index contributed by atoms with van der Waals surface area (Å²) in [4.78, 5) is 16.4. The van der Waals surface area contributed by atoms with Gasteiger partial charge in [-0.1, -0.05) is 35.5 Å². The van der Waals surface area contributed by atoms with Crippen LogP contribution in [0.3, 0.4) is 0 Å². The van der Waals surface area contributed by atoms with Crippen LogP contribution in [0.25, 0.3) is 22.7 Å². The van der Waals surface area contributed by atoms with Crippen LogP contribution in [0.2, 0.25) is 0 Å². The fourth-order valence-electron chi connectivity index (χ4n) is 2.28. The second kappa shape index (κ2) is 6.21. The first-order valence-corrected chi connectivity index (χ1v) is 8.22. The van der Waals surface area contributed by atoms with Gasteiger partial charge in [0.05, 0.1) is 11.3 Å². The number of thiophene rings is 1. The molecule has 0 unspecified atom stereocenters. The van der Waals surface area contributed by atoms with E-state index in [0.717, 1.165) is 16.8 Å². The van der Waals surface area contributed by atoms with Crippen molar-refractivity contribution in [2.45, 2.75) is 6.54 Å². The monoisotopic (exact) mass is 336 g/mol. The first-order chi connectivity index (χ1) is 11.8. The Morgan fingerprint density at radius 2 is 1.92 bits per heavy atom. The van der Waals surface area contributed by atoms with Gasteiger partial charge in [-0.2, -0.15) is 21.4 Å². The van der Waals surface area contributed by atoms with Gasteiger partial charge in [-0.15, -0.1) is 0 Å². The molecule has 0 aliphatic carbocycles. The molecule has 0 aliphatic rings. The summed E-state index contributed by atoms with van der Waals surface area (Å²) in [5, 5.41) is 12.2. The number of rotatable bonds is 4. The molecule has 0 bridgehead atoms. The average molecular weight is 336 g/mol.